The quantitative estimate of drug-likeness (QED) is 0.840. The zero-order valence-corrected chi connectivity index (χ0v) is 15.2. The third-order valence-corrected chi connectivity index (χ3v) is 6.97. The van der Waals surface area contributed by atoms with Crippen molar-refractivity contribution in [2.75, 3.05) is 26.2 Å². The van der Waals surface area contributed by atoms with Gasteiger partial charge in [-0.25, -0.2) is 0 Å². The van der Waals surface area contributed by atoms with E-state index in [1.165, 1.54) is 17.7 Å². The Bertz CT molecular complexity index is 652. The molecule has 1 saturated carbocycles. The van der Waals surface area contributed by atoms with Crippen molar-refractivity contribution in [1.29, 1.82) is 0 Å². The Morgan fingerprint density at radius 1 is 1.33 bits per heavy atom. The topological polar surface area (TPSA) is 40.6 Å². The van der Waals surface area contributed by atoms with Crippen molar-refractivity contribution >= 4 is 23.2 Å². The van der Waals surface area contributed by atoms with Crippen LogP contribution in [-0.2, 0) is 11.2 Å². The van der Waals surface area contributed by atoms with Crippen molar-refractivity contribution in [2.45, 2.75) is 45.4 Å². The van der Waals surface area contributed by atoms with E-state index in [1.807, 2.05) is 16.3 Å². The second kappa shape index (κ2) is 6.17. The number of piperidine rings is 1. The first-order valence-corrected chi connectivity index (χ1v) is 10.2. The molecule has 1 atom stereocenters. The lowest BCUT2D eigenvalue weighted by molar-refractivity contribution is -0.145. The molecule has 4 nitrogen and oxygen atoms in total. The number of rotatable bonds is 4. The van der Waals surface area contributed by atoms with Gasteiger partial charge in [-0.05, 0) is 50.5 Å². The van der Waals surface area contributed by atoms with Crippen molar-refractivity contribution in [1.82, 2.24) is 9.80 Å². The summed E-state index contributed by atoms with van der Waals surface area (Å²) < 4.78 is 0. The van der Waals surface area contributed by atoms with Gasteiger partial charge in [0.25, 0.3) is 5.91 Å². The van der Waals surface area contributed by atoms with Crippen molar-refractivity contribution in [2.24, 2.45) is 11.3 Å². The van der Waals surface area contributed by atoms with E-state index in [1.54, 1.807) is 11.3 Å². The third kappa shape index (κ3) is 2.87. The van der Waals surface area contributed by atoms with E-state index in [9.17, 15) is 9.59 Å². The molecule has 3 aliphatic rings. The molecule has 0 unspecified atom stereocenters. The van der Waals surface area contributed by atoms with Gasteiger partial charge in [0, 0.05) is 36.4 Å². The first-order valence-electron chi connectivity index (χ1n) is 9.27. The van der Waals surface area contributed by atoms with Crippen LogP contribution in [0.2, 0.25) is 0 Å². The maximum Gasteiger partial charge on any atom is 0.254 e. The molecule has 0 radical (unpaired) electrons. The Labute approximate surface area is 147 Å². The van der Waals surface area contributed by atoms with Gasteiger partial charge in [-0.2, -0.15) is 0 Å². The van der Waals surface area contributed by atoms with Gasteiger partial charge in [-0.3, -0.25) is 9.59 Å². The predicted molar refractivity (Wildman–Crippen MR) is 95.2 cm³/mol. The molecule has 0 aromatic carbocycles. The Kier molecular flexibility index (Phi) is 4.15. The van der Waals surface area contributed by atoms with Crippen LogP contribution in [0.1, 0.15) is 54.3 Å². The molecular weight excluding hydrogens is 320 g/mol. The molecule has 1 aliphatic carbocycles. The fraction of sp³-hybridized carbons (Fsp3) is 0.684. The van der Waals surface area contributed by atoms with Crippen LogP contribution in [0.15, 0.2) is 11.4 Å². The molecule has 0 bridgehead atoms. The van der Waals surface area contributed by atoms with E-state index in [0.717, 1.165) is 56.8 Å². The maximum absolute atomic E-state index is 13.1. The largest absolute Gasteiger partial charge is 0.342 e. The van der Waals surface area contributed by atoms with Gasteiger partial charge in [0.2, 0.25) is 5.91 Å². The van der Waals surface area contributed by atoms with E-state index in [2.05, 4.69) is 11.8 Å². The lowest BCUT2D eigenvalue weighted by Crippen LogP contribution is -2.50. The monoisotopic (exact) mass is 346 g/mol. The lowest BCUT2D eigenvalue weighted by atomic mass is 9.78. The summed E-state index contributed by atoms with van der Waals surface area (Å²) >= 11 is 1.66. The molecular formula is C19H26N2O2S. The van der Waals surface area contributed by atoms with Gasteiger partial charge < -0.3 is 9.80 Å². The minimum absolute atomic E-state index is 0.106. The van der Waals surface area contributed by atoms with Crippen molar-refractivity contribution < 1.29 is 9.59 Å². The van der Waals surface area contributed by atoms with Crippen LogP contribution in [-0.4, -0.2) is 47.8 Å². The van der Waals surface area contributed by atoms with Gasteiger partial charge in [0.05, 0.1) is 11.0 Å². The van der Waals surface area contributed by atoms with E-state index < -0.39 is 0 Å². The normalized spacial score (nSPS) is 27.3. The lowest BCUT2D eigenvalue weighted by Gasteiger charge is -2.39. The van der Waals surface area contributed by atoms with Crippen LogP contribution in [0.5, 0.6) is 0 Å². The van der Waals surface area contributed by atoms with Crippen LogP contribution in [0, 0.1) is 11.3 Å². The number of thiophene rings is 1. The summed E-state index contributed by atoms with van der Waals surface area (Å²) in [7, 11) is 0. The summed E-state index contributed by atoms with van der Waals surface area (Å²) in [5.41, 5.74) is 0.499. The highest BCUT2D eigenvalue weighted by atomic mass is 32.1. The van der Waals surface area contributed by atoms with Gasteiger partial charge in [-0.15, -0.1) is 11.3 Å². The number of nitrogens with zero attached hydrogens (tertiary/aromatic N) is 2. The summed E-state index contributed by atoms with van der Waals surface area (Å²) in [5, 5.41) is 1.97. The van der Waals surface area contributed by atoms with Crippen LogP contribution < -0.4 is 0 Å². The molecule has 1 spiro atoms. The Morgan fingerprint density at radius 2 is 2.17 bits per heavy atom. The highest BCUT2D eigenvalue weighted by Gasteiger charge is 2.50. The van der Waals surface area contributed by atoms with Crippen LogP contribution in [0.3, 0.4) is 0 Å². The first-order chi connectivity index (χ1) is 11.6. The molecule has 2 saturated heterocycles. The zero-order valence-electron chi connectivity index (χ0n) is 14.4. The average Bonchev–Trinajstić information content (AvgIpc) is 3.12. The highest BCUT2D eigenvalue weighted by Crippen LogP contribution is 2.42. The molecule has 1 aromatic heterocycles. The fourth-order valence-electron chi connectivity index (χ4n) is 4.22. The van der Waals surface area contributed by atoms with Gasteiger partial charge in [0.1, 0.15) is 0 Å². The Hall–Kier alpha value is -1.36. The van der Waals surface area contributed by atoms with Crippen LogP contribution >= 0.6 is 11.3 Å². The highest BCUT2D eigenvalue weighted by molar-refractivity contribution is 7.10. The van der Waals surface area contributed by atoms with E-state index in [4.69, 9.17) is 0 Å². The predicted octanol–water partition coefficient (Wildman–Crippen LogP) is 3.18. The SMILES string of the molecule is CCc1cc(C(=O)N2CC[C@@]3(CCCN(CC4CC4)C3=O)C2)cs1. The smallest absolute Gasteiger partial charge is 0.254 e. The first kappa shape index (κ1) is 16.1. The molecule has 2 amide bonds. The number of likely N-dealkylation sites (tertiary alicyclic amines) is 2. The summed E-state index contributed by atoms with van der Waals surface area (Å²) in [5.74, 6) is 1.16. The zero-order chi connectivity index (χ0) is 16.7. The van der Waals surface area contributed by atoms with Crippen molar-refractivity contribution in [3.05, 3.63) is 21.9 Å². The van der Waals surface area contributed by atoms with E-state index in [-0.39, 0.29) is 11.3 Å². The average molecular weight is 346 g/mol. The van der Waals surface area contributed by atoms with Gasteiger partial charge >= 0.3 is 0 Å². The van der Waals surface area contributed by atoms with Gasteiger partial charge in [-0.1, -0.05) is 6.92 Å². The molecule has 3 fully saturated rings. The number of carbonyl (C=O) groups excluding carboxylic acids is 2. The summed E-state index contributed by atoms with van der Waals surface area (Å²) in [6.07, 6.45) is 6.39. The minimum Gasteiger partial charge on any atom is -0.342 e. The number of aryl methyl sites for hydroxylation is 1. The molecule has 4 rings (SSSR count). The molecule has 5 heteroatoms. The van der Waals surface area contributed by atoms with Crippen molar-refractivity contribution in [3.8, 4) is 0 Å². The van der Waals surface area contributed by atoms with E-state index in [0.29, 0.717) is 12.5 Å². The van der Waals surface area contributed by atoms with Crippen LogP contribution in [0.25, 0.3) is 0 Å². The second-order valence-corrected chi connectivity index (χ2v) is 8.71. The molecule has 2 aliphatic heterocycles. The molecule has 1 aromatic rings. The number of hydrogen-bond donors (Lipinski definition) is 0. The standard InChI is InChI=1S/C19H26N2O2S/c1-2-16-10-15(12-24-16)17(22)21-9-7-19(13-21)6-3-8-20(18(19)23)11-14-4-5-14/h10,12,14H,2-9,11,13H2,1H3/t19-/m0/s1. The molecule has 24 heavy (non-hydrogen) atoms. The summed E-state index contributed by atoms with van der Waals surface area (Å²) in [4.78, 5) is 31.1. The van der Waals surface area contributed by atoms with E-state index >= 15 is 0 Å². The van der Waals surface area contributed by atoms with Gasteiger partial charge in [0.15, 0.2) is 0 Å². The van der Waals surface area contributed by atoms with Crippen LogP contribution in [0.4, 0.5) is 0 Å². The molecule has 130 valence electrons. The maximum atomic E-state index is 13.1. The summed E-state index contributed by atoms with van der Waals surface area (Å²) in [6, 6.07) is 2.01. The second-order valence-electron chi connectivity index (χ2n) is 7.71. The Balaban J connectivity index is 1.46. The molecule has 0 N–H and O–H groups in total. The number of hydrogen-bond acceptors (Lipinski definition) is 3. The fourth-order valence-corrected chi connectivity index (χ4v) is 5.03. The molecule has 3 heterocycles. The minimum atomic E-state index is -0.299. The number of carbonyl (C=O) groups is 2. The Morgan fingerprint density at radius 3 is 2.88 bits per heavy atom. The third-order valence-electron chi connectivity index (χ3n) is 5.89. The summed E-state index contributed by atoms with van der Waals surface area (Å²) in [6.45, 7) is 5.30. The van der Waals surface area contributed by atoms with Crippen molar-refractivity contribution in [3.63, 3.8) is 0 Å². The number of amides is 2.